The number of nitrogens with zero attached hydrogens (tertiary/aromatic N) is 2. The summed E-state index contributed by atoms with van der Waals surface area (Å²) in [4.78, 5) is 32.1. The van der Waals surface area contributed by atoms with Crippen LogP contribution < -0.4 is 10.3 Å². The molecule has 3 heterocycles. The van der Waals surface area contributed by atoms with E-state index >= 15 is 0 Å². The first-order valence-electron chi connectivity index (χ1n) is 15.2. The molecule has 1 unspecified atom stereocenters. The van der Waals surface area contributed by atoms with Crippen LogP contribution in [0.4, 0.5) is 0 Å². The molecule has 0 radical (unpaired) electrons. The Balaban J connectivity index is 1.44. The second-order valence-corrected chi connectivity index (χ2v) is 11.4. The quantitative estimate of drug-likeness (QED) is 0.623. The van der Waals surface area contributed by atoms with Crippen molar-refractivity contribution in [2.45, 2.75) is 84.4 Å². The number of nitrogens with one attached hydrogen (secondary N) is 1. The van der Waals surface area contributed by atoms with Gasteiger partial charge in [-0.2, -0.15) is 0 Å². The maximum atomic E-state index is 14.0. The summed E-state index contributed by atoms with van der Waals surface area (Å²) in [7, 11) is 1.66. The number of pyridine rings is 1. The van der Waals surface area contributed by atoms with Crippen molar-refractivity contribution in [3.8, 4) is 5.75 Å². The van der Waals surface area contributed by atoms with Crippen LogP contribution in [0.2, 0.25) is 5.02 Å². The monoisotopic (exact) mass is 516 g/mol. The second kappa shape index (κ2) is 9.21. The molecule has 5 rings (SSSR count). The fourth-order valence-electron chi connectivity index (χ4n) is 6.37. The molecule has 1 saturated carbocycles. The molecule has 1 atom stereocenters. The van der Waals surface area contributed by atoms with Crippen LogP contribution >= 0.6 is 11.6 Å². The lowest BCUT2D eigenvalue weighted by molar-refractivity contribution is 0.0163. The van der Waals surface area contributed by atoms with E-state index in [1.54, 1.807) is 20.9 Å². The normalized spacial score (nSPS) is 29.5. The number of aromatic nitrogens is 1. The highest BCUT2D eigenvalue weighted by Gasteiger charge is 2.46. The van der Waals surface area contributed by atoms with Crippen molar-refractivity contribution in [3.63, 3.8) is 0 Å². The number of carbonyl (C=O) groups is 1. The number of rotatable bonds is 4. The van der Waals surface area contributed by atoms with E-state index in [1.165, 1.54) is 4.90 Å². The molecule has 2 aromatic rings. The van der Waals surface area contributed by atoms with Crippen LogP contribution in [-0.2, 0) is 19.4 Å². The van der Waals surface area contributed by atoms with Gasteiger partial charge in [0, 0.05) is 48.2 Å². The van der Waals surface area contributed by atoms with Crippen LogP contribution in [0.1, 0.15) is 83.3 Å². The molecule has 7 heteroatoms. The maximum Gasteiger partial charge on any atom is 0.254 e. The Kier molecular flexibility index (Phi) is 5.06. The van der Waals surface area contributed by atoms with Crippen LogP contribution in [0, 0.1) is 26.7 Å². The molecule has 0 saturated heterocycles. The summed E-state index contributed by atoms with van der Waals surface area (Å²) >= 11 is 6.91. The van der Waals surface area contributed by atoms with Gasteiger partial charge in [-0.1, -0.05) is 11.6 Å². The predicted octanol–water partition coefficient (Wildman–Crippen LogP) is 4.97. The molecular formula is C29H38ClN3O3. The third kappa shape index (κ3) is 4.16. The summed E-state index contributed by atoms with van der Waals surface area (Å²) in [6.45, 7) is 3.16. The molecule has 1 aliphatic carbocycles. The Morgan fingerprint density at radius 3 is 2.64 bits per heavy atom. The molecule has 1 fully saturated rings. The number of hydrogen-bond acceptors (Lipinski definition) is 4. The number of fused-ring (bicyclic) bond motifs is 2. The first kappa shape index (κ1) is 19.8. The molecule has 1 N–H and O–H groups in total. The first-order valence-corrected chi connectivity index (χ1v) is 13.1. The van der Waals surface area contributed by atoms with E-state index in [-0.39, 0.29) is 35.5 Å². The zero-order chi connectivity index (χ0) is 30.2. The number of ether oxygens (including phenoxy) is 1. The average Bonchev–Trinajstić information content (AvgIpc) is 3.24. The van der Waals surface area contributed by atoms with Gasteiger partial charge in [0.25, 0.3) is 11.5 Å². The van der Waals surface area contributed by atoms with Gasteiger partial charge >= 0.3 is 0 Å². The van der Waals surface area contributed by atoms with Gasteiger partial charge in [-0.3, -0.25) is 9.59 Å². The Labute approximate surface area is 226 Å². The van der Waals surface area contributed by atoms with E-state index in [0.717, 1.165) is 41.7 Å². The molecule has 36 heavy (non-hydrogen) atoms. The minimum atomic E-state index is -2.12. The van der Waals surface area contributed by atoms with Crippen LogP contribution in [0.3, 0.4) is 0 Å². The zero-order valence-corrected chi connectivity index (χ0v) is 22.4. The molecule has 1 aromatic carbocycles. The molecule has 194 valence electrons. The highest BCUT2D eigenvalue weighted by Crippen LogP contribution is 2.51. The van der Waals surface area contributed by atoms with E-state index in [4.69, 9.17) is 23.2 Å². The summed E-state index contributed by atoms with van der Waals surface area (Å²) < 4.78 is 47.4. The number of benzene rings is 1. The number of carbonyl (C=O) groups excluding carboxylic acids is 1. The Morgan fingerprint density at radius 2 is 1.97 bits per heavy atom. The SMILES string of the molecule is [2H]C([2H])([2H])N(C)C1CCC(C2(C)Cc3c(C)c4c(c(Cl)c3O2)CC([2H])([2H])N(Cc2c(C)cc(C)[nH]c2=O)C4=O)CC1. The van der Waals surface area contributed by atoms with Gasteiger partial charge in [-0.15, -0.1) is 0 Å². The summed E-state index contributed by atoms with van der Waals surface area (Å²) in [6, 6.07) is 1.80. The molecule has 1 amide bonds. The zero-order valence-electron chi connectivity index (χ0n) is 26.7. The van der Waals surface area contributed by atoms with Gasteiger partial charge in [0.05, 0.1) is 11.6 Å². The topological polar surface area (TPSA) is 65.6 Å². The highest BCUT2D eigenvalue weighted by atomic mass is 35.5. The standard InChI is InChI=1S/C29H38ClN3O3/c1-16-13-17(2)31-27(34)23(16)15-33-12-11-21-24(28(33)35)18(3)22-14-29(4,36-26(22)25(21)30)19-7-9-20(10-8-19)32(5)6/h13,19-20H,7-12,14-15H2,1-6H3,(H,31,34)/i5D3,12D2. The van der Waals surface area contributed by atoms with Gasteiger partial charge in [0.1, 0.15) is 11.4 Å². The van der Waals surface area contributed by atoms with Crippen LogP contribution in [-0.4, -0.2) is 52.9 Å². The van der Waals surface area contributed by atoms with Gasteiger partial charge in [-0.25, -0.2) is 0 Å². The fraction of sp³-hybridized carbons (Fsp3) is 0.586. The van der Waals surface area contributed by atoms with Crippen molar-refractivity contribution in [1.82, 2.24) is 14.8 Å². The molecule has 0 bridgehead atoms. The molecular weight excluding hydrogens is 474 g/mol. The lowest BCUT2D eigenvalue weighted by Gasteiger charge is -2.40. The lowest BCUT2D eigenvalue weighted by atomic mass is 9.74. The van der Waals surface area contributed by atoms with Crippen molar-refractivity contribution in [1.29, 1.82) is 0 Å². The summed E-state index contributed by atoms with van der Waals surface area (Å²) in [6.07, 6.45) is 3.57. The van der Waals surface area contributed by atoms with Crippen molar-refractivity contribution in [2.24, 2.45) is 5.92 Å². The summed E-state index contributed by atoms with van der Waals surface area (Å²) in [5.41, 5.74) is 3.29. The molecule has 6 nitrogen and oxygen atoms in total. The van der Waals surface area contributed by atoms with E-state index < -0.39 is 25.0 Å². The van der Waals surface area contributed by atoms with E-state index in [9.17, 15) is 9.59 Å². The highest BCUT2D eigenvalue weighted by molar-refractivity contribution is 6.33. The number of amides is 1. The van der Waals surface area contributed by atoms with E-state index in [2.05, 4.69) is 11.9 Å². The predicted molar refractivity (Wildman–Crippen MR) is 143 cm³/mol. The molecule has 0 spiro atoms. The van der Waals surface area contributed by atoms with Crippen LogP contribution in [0.25, 0.3) is 0 Å². The van der Waals surface area contributed by atoms with Gasteiger partial charge in [0.15, 0.2) is 0 Å². The minimum absolute atomic E-state index is 0.0148. The van der Waals surface area contributed by atoms with Crippen LogP contribution in [0.5, 0.6) is 5.75 Å². The van der Waals surface area contributed by atoms with Crippen molar-refractivity contribution in [3.05, 3.63) is 60.5 Å². The summed E-state index contributed by atoms with van der Waals surface area (Å²) in [5.74, 6) is 0.216. The van der Waals surface area contributed by atoms with Gasteiger partial charge in [-0.05, 0) is 102 Å². The summed E-state index contributed by atoms with van der Waals surface area (Å²) in [5, 5.41) is 0.279. The van der Waals surface area contributed by atoms with E-state index in [1.807, 2.05) is 13.0 Å². The molecule has 2 aliphatic heterocycles. The average molecular weight is 517 g/mol. The number of aromatic amines is 1. The fourth-order valence-corrected chi connectivity index (χ4v) is 6.68. The van der Waals surface area contributed by atoms with Crippen LogP contribution in [0.15, 0.2) is 10.9 Å². The number of aryl methyl sites for hydroxylation is 2. The van der Waals surface area contributed by atoms with Crippen molar-refractivity contribution < 1.29 is 16.4 Å². The molecule has 3 aliphatic rings. The third-order valence-electron chi connectivity index (χ3n) is 8.55. The maximum absolute atomic E-state index is 14.0. The van der Waals surface area contributed by atoms with Gasteiger partial charge < -0.3 is 19.5 Å². The Bertz CT molecular complexity index is 1470. The van der Waals surface area contributed by atoms with Crippen molar-refractivity contribution >= 4 is 17.5 Å². The number of hydrogen-bond donors (Lipinski definition) is 1. The third-order valence-corrected chi connectivity index (χ3v) is 8.95. The van der Waals surface area contributed by atoms with E-state index in [0.29, 0.717) is 40.1 Å². The Hall–Kier alpha value is -2.31. The van der Waals surface area contributed by atoms with Crippen molar-refractivity contribution in [2.75, 3.05) is 20.5 Å². The Morgan fingerprint density at radius 1 is 1.25 bits per heavy atom. The molecule has 1 aromatic heterocycles. The second-order valence-electron chi connectivity index (χ2n) is 11.0. The minimum Gasteiger partial charge on any atom is -0.485 e. The largest absolute Gasteiger partial charge is 0.485 e. The smallest absolute Gasteiger partial charge is 0.254 e. The number of halogens is 1. The lowest BCUT2D eigenvalue weighted by Crippen LogP contribution is -2.44. The number of H-pyrrole nitrogens is 1. The van der Waals surface area contributed by atoms with Gasteiger partial charge in [0.2, 0.25) is 0 Å². The first-order chi connectivity index (χ1) is 18.9.